The Balaban J connectivity index is 1.48. The number of carbonyl (C=O) groups excluding carboxylic acids is 1. The first kappa shape index (κ1) is 13.6. The number of rotatable bonds is 3. The Morgan fingerprint density at radius 1 is 1.15 bits per heavy atom. The fourth-order valence-corrected chi connectivity index (χ4v) is 3.25. The maximum Gasteiger partial charge on any atom is 0.225 e. The zero-order valence-corrected chi connectivity index (χ0v) is 12.0. The minimum Gasteiger partial charge on any atom is -0.342 e. The van der Waals surface area contributed by atoms with Gasteiger partial charge in [-0.3, -0.25) is 14.7 Å². The van der Waals surface area contributed by atoms with E-state index in [0.717, 1.165) is 51.3 Å². The molecule has 0 aliphatic carbocycles. The molecule has 4 nitrogen and oxygen atoms in total. The monoisotopic (exact) mass is 273 g/mol. The van der Waals surface area contributed by atoms with Crippen molar-refractivity contribution in [1.82, 2.24) is 14.8 Å². The third-order valence-corrected chi connectivity index (χ3v) is 4.47. The highest BCUT2D eigenvalue weighted by atomic mass is 16.2. The minimum atomic E-state index is 0.257. The molecule has 0 aromatic carbocycles. The van der Waals surface area contributed by atoms with Crippen molar-refractivity contribution in [3.8, 4) is 0 Å². The van der Waals surface area contributed by atoms with Crippen LogP contribution in [0.4, 0.5) is 0 Å². The third kappa shape index (κ3) is 3.18. The lowest BCUT2D eigenvalue weighted by Gasteiger charge is -2.32. The van der Waals surface area contributed by atoms with Crippen LogP contribution >= 0.6 is 0 Å². The molecule has 1 amide bonds. The molecular weight excluding hydrogens is 250 g/mol. The van der Waals surface area contributed by atoms with Gasteiger partial charge in [0.1, 0.15) is 0 Å². The van der Waals surface area contributed by atoms with E-state index in [1.165, 1.54) is 12.8 Å². The highest BCUT2D eigenvalue weighted by Crippen LogP contribution is 2.22. The lowest BCUT2D eigenvalue weighted by molar-refractivity contribution is -0.136. The van der Waals surface area contributed by atoms with Crippen LogP contribution in [0.5, 0.6) is 0 Å². The normalized spacial score (nSPS) is 21.3. The summed E-state index contributed by atoms with van der Waals surface area (Å²) in [5, 5.41) is 0. The quantitative estimate of drug-likeness (QED) is 0.844. The summed E-state index contributed by atoms with van der Waals surface area (Å²) in [6.45, 7) is 4.90. The lowest BCUT2D eigenvalue weighted by atomic mass is 9.95. The summed E-state index contributed by atoms with van der Waals surface area (Å²) in [6.07, 6.45) is 6.22. The van der Waals surface area contributed by atoms with Crippen molar-refractivity contribution in [2.75, 3.05) is 26.2 Å². The van der Waals surface area contributed by atoms with Gasteiger partial charge in [-0.1, -0.05) is 6.07 Å². The molecule has 0 saturated carbocycles. The van der Waals surface area contributed by atoms with Crippen molar-refractivity contribution < 1.29 is 4.79 Å². The molecule has 0 unspecified atom stereocenters. The predicted octanol–water partition coefficient (Wildman–Crippen LogP) is 1.92. The number of aromatic nitrogens is 1. The van der Waals surface area contributed by atoms with E-state index >= 15 is 0 Å². The maximum absolute atomic E-state index is 12.4. The van der Waals surface area contributed by atoms with Crippen molar-refractivity contribution in [1.29, 1.82) is 0 Å². The molecule has 2 aliphatic rings. The van der Waals surface area contributed by atoms with Gasteiger partial charge >= 0.3 is 0 Å². The van der Waals surface area contributed by atoms with Gasteiger partial charge in [0.25, 0.3) is 0 Å². The van der Waals surface area contributed by atoms with E-state index in [0.29, 0.717) is 5.91 Å². The molecule has 0 radical (unpaired) electrons. The van der Waals surface area contributed by atoms with E-state index < -0.39 is 0 Å². The molecule has 2 saturated heterocycles. The highest BCUT2D eigenvalue weighted by molar-refractivity contribution is 5.79. The molecule has 3 heterocycles. The first-order chi connectivity index (χ1) is 9.83. The van der Waals surface area contributed by atoms with Gasteiger partial charge in [-0.2, -0.15) is 0 Å². The topological polar surface area (TPSA) is 36.4 Å². The summed E-state index contributed by atoms with van der Waals surface area (Å²) in [5.41, 5.74) is 1.12. The van der Waals surface area contributed by atoms with E-state index in [2.05, 4.69) is 20.9 Å². The molecular formula is C16H23N3O. The number of amides is 1. The zero-order valence-electron chi connectivity index (χ0n) is 12.0. The second-order valence-electron chi connectivity index (χ2n) is 5.90. The van der Waals surface area contributed by atoms with Crippen molar-refractivity contribution in [2.45, 2.75) is 32.2 Å². The van der Waals surface area contributed by atoms with Crippen molar-refractivity contribution in [2.24, 2.45) is 5.92 Å². The number of likely N-dealkylation sites (tertiary alicyclic amines) is 2. The Morgan fingerprint density at radius 2 is 1.90 bits per heavy atom. The molecule has 0 N–H and O–H groups in total. The summed E-state index contributed by atoms with van der Waals surface area (Å²) in [6, 6.07) is 6.05. The summed E-state index contributed by atoms with van der Waals surface area (Å²) in [7, 11) is 0. The SMILES string of the molecule is O=C(C1CCN(Cc2ccccn2)CC1)N1CCCC1. The van der Waals surface area contributed by atoms with Gasteiger partial charge in [0.2, 0.25) is 5.91 Å². The molecule has 20 heavy (non-hydrogen) atoms. The van der Waals surface area contributed by atoms with E-state index in [-0.39, 0.29) is 5.92 Å². The molecule has 0 atom stereocenters. The summed E-state index contributed by atoms with van der Waals surface area (Å²) in [5.74, 6) is 0.660. The van der Waals surface area contributed by atoms with E-state index in [1.54, 1.807) is 0 Å². The number of pyridine rings is 1. The molecule has 108 valence electrons. The molecule has 2 fully saturated rings. The van der Waals surface area contributed by atoms with Crippen LogP contribution < -0.4 is 0 Å². The van der Waals surface area contributed by atoms with Crippen molar-refractivity contribution in [3.05, 3.63) is 30.1 Å². The summed E-state index contributed by atoms with van der Waals surface area (Å²) in [4.78, 5) is 21.2. The molecule has 0 spiro atoms. The van der Waals surface area contributed by atoms with Crippen LogP contribution in [0.25, 0.3) is 0 Å². The van der Waals surface area contributed by atoms with Gasteiger partial charge in [0.05, 0.1) is 5.69 Å². The molecule has 0 bridgehead atoms. The van der Waals surface area contributed by atoms with E-state index in [9.17, 15) is 4.79 Å². The van der Waals surface area contributed by atoms with Crippen LogP contribution in [-0.4, -0.2) is 46.9 Å². The predicted molar refractivity (Wildman–Crippen MR) is 78.1 cm³/mol. The van der Waals surface area contributed by atoms with Gasteiger partial charge in [-0.05, 0) is 50.9 Å². The average molecular weight is 273 g/mol. The molecule has 1 aromatic rings. The van der Waals surface area contributed by atoms with Crippen LogP contribution in [0, 0.1) is 5.92 Å². The Morgan fingerprint density at radius 3 is 2.55 bits per heavy atom. The highest BCUT2D eigenvalue weighted by Gasteiger charge is 2.29. The van der Waals surface area contributed by atoms with Crippen molar-refractivity contribution >= 4 is 5.91 Å². The van der Waals surface area contributed by atoms with Crippen LogP contribution in [0.2, 0.25) is 0 Å². The number of carbonyl (C=O) groups is 1. The Bertz CT molecular complexity index is 434. The van der Waals surface area contributed by atoms with Crippen LogP contribution in [0.15, 0.2) is 24.4 Å². The lowest BCUT2D eigenvalue weighted by Crippen LogP contribution is -2.41. The molecule has 2 aliphatic heterocycles. The number of hydrogen-bond acceptors (Lipinski definition) is 3. The standard InChI is InChI=1S/C16H23N3O/c20-16(19-9-3-4-10-19)14-6-11-18(12-7-14)13-15-5-1-2-8-17-15/h1-2,5,8,14H,3-4,6-7,9-13H2. The van der Waals surface area contributed by atoms with Crippen LogP contribution in [-0.2, 0) is 11.3 Å². The Hall–Kier alpha value is -1.42. The molecule has 1 aromatic heterocycles. The minimum absolute atomic E-state index is 0.257. The smallest absolute Gasteiger partial charge is 0.225 e. The second-order valence-corrected chi connectivity index (χ2v) is 5.90. The fraction of sp³-hybridized carbons (Fsp3) is 0.625. The van der Waals surface area contributed by atoms with Gasteiger partial charge in [-0.15, -0.1) is 0 Å². The molecule has 3 rings (SSSR count). The van der Waals surface area contributed by atoms with Gasteiger partial charge < -0.3 is 4.90 Å². The first-order valence-corrected chi connectivity index (χ1v) is 7.74. The van der Waals surface area contributed by atoms with Crippen molar-refractivity contribution in [3.63, 3.8) is 0 Å². The van der Waals surface area contributed by atoms with Gasteiger partial charge in [0.15, 0.2) is 0 Å². The summed E-state index contributed by atoms with van der Waals surface area (Å²) < 4.78 is 0. The third-order valence-electron chi connectivity index (χ3n) is 4.47. The number of hydrogen-bond donors (Lipinski definition) is 0. The zero-order chi connectivity index (χ0) is 13.8. The second kappa shape index (κ2) is 6.35. The fourth-order valence-electron chi connectivity index (χ4n) is 3.25. The average Bonchev–Trinajstić information content (AvgIpc) is 3.03. The van der Waals surface area contributed by atoms with Crippen LogP contribution in [0.3, 0.4) is 0 Å². The Kier molecular flexibility index (Phi) is 4.31. The van der Waals surface area contributed by atoms with E-state index in [1.807, 2.05) is 18.3 Å². The Labute approximate surface area is 120 Å². The van der Waals surface area contributed by atoms with E-state index in [4.69, 9.17) is 0 Å². The first-order valence-electron chi connectivity index (χ1n) is 7.74. The number of nitrogens with zero attached hydrogens (tertiary/aromatic N) is 3. The molecule has 4 heteroatoms. The largest absolute Gasteiger partial charge is 0.342 e. The summed E-state index contributed by atoms with van der Waals surface area (Å²) >= 11 is 0. The van der Waals surface area contributed by atoms with Gasteiger partial charge in [-0.25, -0.2) is 0 Å². The maximum atomic E-state index is 12.4. The number of piperidine rings is 1. The van der Waals surface area contributed by atoms with Crippen LogP contribution in [0.1, 0.15) is 31.4 Å². The van der Waals surface area contributed by atoms with Gasteiger partial charge in [0, 0.05) is 31.7 Å².